The van der Waals surface area contributed by atoms with Gasteiger partial charge in [-0.05, 0) is 66.1 Å². The van der Waals surface area contributed by atoms with E-state index in [-0.39, 0.29) is 12.4 Å². The monoisotopic (exact) mass is 568 g/mol. The number of nitrogen functional groups attached to an aromatic ring is 2. The van der Waals surface area contributed by atoms with Crippen LogP contribution in [0.5, 0.6) is 11.5 Å². The van der Waals surface area contributed by atoms with E-state index in [1.807, 2.05) is 0 Å². The maximum absolute atomic E-state index is 14.6. The van der Waals surface area contributed by atoms with E-state index in [9.17, 15) is 31.1 Å². The highest BCUT2D eigenvalue weighted by Gasteiger charge is 2.35. The van der Waals surface area contributed by atoms with Crippen molar-refractivity contribution in [1.82, 2.24) is 0 Å². The Kier molecular flexibility index (Phi) is 9.92. The van der Waals surface area contributed by atoms with Gasteiger partial charge in [-0.25, -0.2) is 9.18 Å². The molecule has 214 valence electrons. The van der Waals surface area contributed by atoms with Gasteiger partial charge in [0.25, 0.3) is 0 Å². The molecule has 0 radical (unpaired) electrons. The topological polar surface area (TPSA) is 96.8 Å². The highest BCUT2D eigenvalue weighted by Crippen LogP contribution is 2.34. The summed E-state index contributed by atoms with van der Waals surface area (Å²) in [6, 6.07) is 12.6. The van der Waals surface area contributed by atoms with Gasteiger partial charge < -0.3 is 25.7 Å². The molecule has 0 saturated heterocycles. The summed E-state index contributed by atoms with van der Waals surface area (Å²) in [5.74, 6) is -2.47. The van der Waals surface area contributed by atoms with E-state index in [2.05, 4.69) is 0 Å². The van der Waals surface area contributed by atoms with Crippen LogP contribution in [0.3, 0.4) is 0 Å². The molecule has 3 rings (SSSR count). The van der Waals surface area contributed by atoms with Gasteiger partial charge in [0.05, 0.1) is 18.8 Å². The zero-order chi connectivity index (χ0) is 29.3. The second-order valence-electron chi connectivity index (χ2n) is 8.61. The average molecular weight is 569 g/mol. The van der Waals surface area contributed by atoms with Crippen molar-refractivity contribution in [3.05, 3.63) is 89.2 Å². The van der Waals surface area contributed by atoms with Crippen LogP contribution >= 0.6 is 0 Å². The van der Waals surface area contributed by atoms with Crippen molar-refractivity contribution >= 4 is 23.4 Å². The van der Waals surface area contributed by atoms with E-state index >= 15 is 0 Å². The number of alkyl halides is 5. The third-order valence-electron chi connectivity index (χ3n) is 5.45. The minimum Gasteiger partial charge on any atom is -0.491 e. The van der Waals surface area contributed by atoms with Crippen molar-refractivity contribution in [3.8, 4) is 11.5 Å². The Bertz CT molecular complexity index is 1330. The lowest BCUT2D eigenvalue weighted by molar-refractivity contribution is -0.185. The smallest absolute Gasteiger partial charge is 0.426 e. The molecule has 40 heavy (non-hydrogen) atoms. The highest BCUT2D eigenvalue weighted by molar-refractivity contribution is 5.87. The minimum absolute atomic E-state index is 0.0882. The van der Waals surface area contributed by atoms with Crippen molar-refractivity contribution in [1.29, 1.82) is 0 Å². The molecule has 0 aliphatic carbocycles. The predicted octanol–water partition coefficient (Wildman–Crippen LogP) is 6.64. The highest BCUT2D eigenvalue weighted by atomic mass is 19.4. The molecule has 0 aliphatic heterocycles. The number of nitrogens with two attached hydrogens (primary N) is 2. The lowest BCUT2D eigenvalue weighted by Gasteiger charge is -2.19. The van der Waals surface area contributed by atoms with Crippen LogP contribution in [0.2, 0.25) is 0 Å². The summed E-state index contributed by atoms with van der Waals surface area (Å²) in [6.07, 6.45) is -6.83. The van der Waals surface area contributed by atoms with E-state index in [1.165, 1.54) is 36.4 Å². The molecule has 0 heterocycles. The van der Waals surface area contributed by atoms with Crippen LogP contribution in [-0.4, -0.2) is 25.4 Å². The molecule has 0 atom stereocenters. The first-order valence-corrected chi connectivity index (χ1v) is 12.0. The van der Waals surface area contributed by atoms with Gasteiger partial charge in [0, 0.05) is 30.3 Å². The Morgan fingerprint density at radius 2 is 1.62 bits per heavy atom. The molecular weight excluding hydrogens is 542 g/mol. The van der Waals surface area contributed by atoms with Crippen molar-refractivity contribution in [3.63, 3.8) is 0 Å². The lowest BCUT2D eigenvalue weighted by atomic mass is 10.1. The summed E-state index contributed by atoms with van der Waals surface area (Å²) < 4.78 is 94.6. The molecule has 0 aliphatic rings. The molecule has 0 amide bonds. The molecule has 0 spiro atoms. The Labute approximate surface area is 226 Å². The molecule has 0 fully saturated rings. The fraction of sp³-hybridized carbons (Fsp3) is 0.250. The maximum atomic E-state index is 14.6. The van der Waals surface area contributed by atoms with E-state index in [0.717, 1.165) is 17.7 Å². The van der Waals surface area contributed by atoms with Gasteiger partial charge in [-0.3, -0.25) is 0 Å². The van der Waals surface area contributed by atoms with Gasteiger partial charge in [-0.15, -0.1) is 0 Å². The fourth-order valence-electron chi connectivity index (χ4n) is 3.42. The fourth-order valence-corrected chi connectivity index (χ4v) is 3.42. The van der Waals surface area contributed by atoms with Gasteiger partial charge in [0.1, 0.15) is 5.75 Å². The first kappa shape index (κ1) is 30.2. The second-order valence-corrected chi connectivity index (χ2v) is 8.61. The molecule has 0 aromatic heterocycles. The quantitative estimate of drug-likeness (QED) is 0.0836. The summed E-state index contributed by atoms with van der Waals surface area (Å²) in [6.45, 7) is -0.342. The largest absolute Gasteiger partial charge is 0.491 e. The molecule has 0 saturated carbocycles. The lowest BCUT2D eigenvalue weighted by Crippen LogP contribution is -2.22. The number of carbonyl (C=O) groups excluding carboxylic acids is 1. The Balaban J connectivity index is 1.50. The van der Waals surface area contributed by atoms with Crippen LogP contribution in [0.15, 0.2) is 66.7 Å². The average Bonchev–Trinajstić information content (AvgIpc) is 2.87. The molecule has 0 unspecified atom stereocenters. The third-order valence-corrected chi connectivity index (χ3v) is 5.45. The number of esters is 1. The first-order chi connectivity index (χ1) is 18.8. The Morgan fingerprint density at radius 1 is 0.900 bits per heavy atom. The van der Waals surface area contributed by atoms with Crippen molar-refractivity contribution in [2.45, 2.75) is 31.5 Å². The Morgan fingerprint density at radius 3 is 2.27 bits per heavy atom. The van der Waals surface area contributed by atoms with Crippen LogP contribution in [0, 0.1) is 5.82 Å². The predicted molar refractivity (Wildman–Crippen MR) is 137 cm³/mol. The standard InChI is InChI=1S/C28H26F6N2O4/c29-23-16-20(6-10-25(23)38-14-1-13-27(30,31)32)28(33,34)40-22-8-2-18(3-9-22)4-11-26(37)39-15-12-19-5-7-21(35)17-24(19)36/h2-11,16-17H,1,12-15,35-36H2/b11-4+. The normalized spacial score (nSPS) is 11.9. The van der Waals surface area contributed by atoms with Gasteiger partial charge in [0.15, 0.2) is 11.6 Å². The number of benzene rings is 3. The third kappa shape index (κ3) is 9.44. The summed E-state index contributed by atoms with van der Waals surface area (Å²) in [7, 11) is 0. The van der Waals surface area contributed by atoms with E-state index < -0.39 is 54.8 Å². The summed E-state index contributed by atoms with van der Waals surface area (Å²) in [4.78, 5) is 12.0. The molecular formula is C28H26F6N2O4. The minimum atomic E-state index is -4.37. The van der Waals surface area contributed by atoms with Gasteiger partial charge in [-0.1, -0.05) is 18.2 Å². The van der Waals surface area contributed by atoms with E-state index in [4.69, 9.17) is 25.7 Å². The van der Waals surface area contributed by atoms with Crippen LogP contribution in [0.1, 0.15) is 29.5 Å². The Hall–Kier alpha value is -4.35. The van der Waals surface area contributed by atoms with Crippen LogP contribution < -0.4 is 20.9 Å². The van der Waals surface area contributed by atoms with Crippen molar-refractivity contribution < 1.29 is 45.3 Å². The molecule has 4 N–H and O–H groups in total. The van der Waals surface area contributed by atoms with E-state index in [0.29, 0.717) is 29.4 Å². The summed E-state index contributed by atoms with van der Waals surface area (Å²) in [5.41, 5.74) is 13.0. The number of ether oxygens (including phenoxy) is 3. The molecule has 3 aromatic rings. The molecule has 12 heteroatoms. The van der Waals surface area contributed by atoms with Crippen LogP contribution in [-0.2, 0) is 22.1 Å². The number of carbonyl (C=O) groups is 1. The molecule has 3 aromatic carbocycles. The van der Waals surface area contributed by atoms with Crippen molar-refractivity contribution in [2.24, 2.45) is 0 Å². The number of hydrogen-bond donors (Lipinski definition) is 2. The second kappa shape index (κ2) is 13.1. The first-order valence-electron chi connectivity index (χ1n) is 12.0. The zero-order valence-corrected chi connectivity index (χ0v) is 21.0. The summed E-state index contributed by atoms with van der Waals surface area (Å²) >= 11 is 0. The molecule has 0 bridgehead atoms. The summed E-state index contributed by atoms with van der Waals surface area (Å²) in [5, 5.41) is 0. The van der Waals surface area contributed by atoms with E-state index in [1.54, 1.807) is 18.2 Å². The number of anilines is 2. The van der Waals surface area contributed by atoms with Gasteiger partial charge in [-0.2, -0.15) is 22.0 Å². The van der Waals surface area contributed by atoms with Crippen LogP contribution in [0.25, 0.3) is 6.08 Å². The SMILES string of the molecule is Nc1ccc(CCOC(=O)/C=C/c2ccc(OC(F)(F)c3ccc(OCCCC(F)(F)F)c(F)c3)cc2)c(N)c1. The number of halogens is 6. The maximum Gasteiger partial charge on any atom is 0.426 e. The number of hydrogen-bond acceptors (Lipinski definition) is 6. The van der Waals surface area contributed by atoms with Crippen molar-refractivity contribution in [2.75, 3.05) is 24.7 Å². The number of rotatable bonds is 12. The van der Waals surface area contributed by atoms with Gasteiger partial charge in [0.2, 0.25) is 0 Å². The van der Waals surface area contributed by atoms with Gasteiger partial charge >= 0.3 is 18.3 Å². The molecule has 6 nitrogen and oxygen atoms in total. The zero-order valence-electron chi connectivity index (χ0n) is 21.0. The van der Waals surface area contributed by atoms with Crippen LogP contribution in [0.4, 0.5) is 37.7 Å².